The highest BCUT2D eigenvalue weighted by Crippen LogP contribution is 2.42. The molecule has 1 aromatic heterocycles. The second kappa shape index (κ2) is 10.3. The van der Waals surface area contributed by atoms with Gasteiger partial charge in [0.2, 0.25) is 5.95 Å². The van der Waals surface area contributed by atoms with Crippen LogP contribution in [0.3, 0.4) is 0 Å². The molecule has 0 radical (unpaired) electrons. The Balaban J connectivity index is 1.63. The molecule has 0 bridgehead atoms. The quantitative estimate of drug-likeness (QED) is 0.178. The van der Waals surface area contributed by atoms with Crippen LogP contribution >= 0.6 is 0 Å². The van der Waals surface area contributed by atoms with Crippen LogP contribution in [0.5, 0.6) is 11.5 Å². The molecule has 0 spiro atoms. The van der Waals surface area contributed by atoms with Crippen LogP contribution in [-0.2, 0) is 9.59 Å². The van der Waals surface area contributed by atoms with E-state index in [2.05, 4.69) is 23.8 Å². The number of H-pyrrole nitrogens is 1. The number of rotatable bonds is 7. The summed E-state index contributed by atoms with van der Waals surface area (Å²) in [5.74, 6) is 0.0413. The maximum Gasteiger partial charge on any atom is 0.302 e. The number of benzene rings is 3. The van der Waals surface area contributed by atoms with Crippen molar-refractivity contribution >= 4 is 34.4 Å². The summed E-state index contributed by atoms with van der Waals surface area (Å²) in [5, 5.41) is 11.4. The zero-order chi connectivity index (χ0) is 27.8. The second-order valence-corrected chi connectivity index (χ2v) is 10.2. The average Bonchev–Trinajstić information content (AvgIpc) is 3.44. The number of aliphatic hydroxyl groups excluding tert-OH is 1. The summed E-state index contributed by atoms with van der Waals surface area (Å²) in [7, 11) is 1.56. The predicted octanol–water partition coefficient (Wildman–Crippen LogP) is 5.85. The molecular formula is C31H31N3O5. The molecule has 8 nitrogen and oxygen atoms in total. The number of carbonyl (C=O) groups is 2. The van der Waals surface area contributed by atoms with Crippen LogP contribution in [0, 0.1) is 19.8 Å². The number of nitrogens with one attached hydrogen (secondary N) is 1. The van der Waals surface area contributed by atoms with Gasteiger partial charge in [-0.05, 0) is 85.0 Å². The molecule has 1 aliphatic rings. The van der Waals surface area contributed by atoms with Gasteiger partial charge in [-0.3, -0.25) is 14.5 Å². The van der Waals surface area contributed by atoms with E-state index in [1.807, 2.05) is 26.0 Å². The van der Waals surface area contributed by atoms with Crippen molar-refractivity contribution in [3.05, 3.63) is 88.5 Å². The summed E-state index contributed by atoms with van der Waals surface area (Å²) >= 11 is 0. The standard InChI is InChI=1S/C31H31N3O5/c1-17(2)16-39-23-12-8-21(9-13-23)28(35)26-27(20-6-10-22(38-5)11-7-20)34(30(37)29(26)36)31-32-24-14-18(3)19(4)15-25(24)33-31/h6-15,17,27,35H,16H2,1-5H3,(H,32,33)/b28-26+. The number of amides is 1. The van der Waals surface area contributed by atoms with Gasteiger partial charge in [-0.1, -0.05) is 26.0 Å². The van der Waals surface area contributed by atoms with Crippen molar-refractivity contribution in [1.29, 1.82) is 0 Å². The van der Waals surface area contributed by atoms with Crippen molar-refractivity contribution in [2.45, 2.75) is 33.7 Å². The van der Waals surface area contributed by atoms with E-state index in [0.717, 1.165) is 16.6 Å². The van der Waals surface area contributed by atoms with Gasteiger partial charge < -0.3 is 19.6 Å². The maximum atomic E-state index is 13.5. The van der Waals surface area contributed by atoms with E-state index in [1.165, 1.54) is 4.90 Å². The van der Waals surface area contributed by atoms with Crippen molar-refractivity contribution in [1.82, 2.24) is 9.97 Å². The molecule has 1 fully saturated rings. The Kier molecular flexibility index (Phi) is 6.87. The van der Waals surface area contributed by atoms with E-state index < -0.39 is 17.7 Å². The SMILES string of the molecule is COc1ccc(C2/C(=C(\O)c3ccc(OCC(C)C)cc3)C(=O)C(=O)N2c2nc3cc(C)c(C)cc3[nH]2)cc1. The first-order chi connectivity index (χ1) is 18.7. The summed E-state index contributed by atoms with van der Waals surface area (Å²) in [6, 6.07) is 16.9. The van der Waals surface area contributed by atoms with Crippen LogP contribution in [0.1, 0.15) is 42.1 Å². The molecule has 1 amide bonds. The van der Waals surface area contributed by atoms with Gasteiger partial charge in [-0.25, -0.2) is 4.98 Å². The van der Waals surface area contributed by atoms with Crippen molar-refractivity contribution < 1.29 is 24.2 Å². The van der Waals surface area contributed by atoms with Crippen LogP contribution in [0.25, 0.3) is 16.8 Å². The molecule has 1 unspecified atom stereocenters. The Morgan fingerprint density at radius 3 is 2.28 bits per heavy atom. The van der Waals surface area contributed by atoms with Gasteiger partial charge in [-0.2, -0.15) is 0 Å². The summed E-state index contributed by atoms with van der Waals surface area (Å²) in [5.41, 5.74) is 4.58. The van der Waals surface area contributed by atoms with E-state index in [-0.39, 0.29) is 17.3 Å². The van der Waals surface area contributed by atoms with Crippen LogP contribution < -0.4 is 14.4 Å². The normalized spacial score (nSPS) is 16.9. The van der Waals surface area contributed by atoms with E-state index in [4.69, 9.17) is 9.47 Å². The predicted molar refractivity (Wildman–Crippen MR) is 150 cm³/mol. The van der Waals surface area contributed by atoms with Crippen LogP contribution in [-0.4, -0.2) is 40.5 Å². The van der Waals surface area contributed by atoms with Crippen molar-refractivity contribution in [2.75, 3.05) is 18.6 Å². The topological polar surface area (TPSA) is 105 Å². The molecule has 4 aromatic rings. The Morgan fingerprint density at radius 1 is 1.00 bits per heavy atom. The second-order valence-electron chi connectivity index (χ2n) is 10.2. The Bertz CT molecular complexity index is 1540. The van der Waals surface area contributed by atoms with Gasteiger partial charge in [-0.15, -0.1) is 0 Å². The number of aryl methyl sites for hydroxylation is 2. The van der Waals surface area contributed by atoms with E-state index in [1.54, 1.807) is 55.6 Å². The first kappa shape index (κ1) is 26.0. The molecule has 1 saturated heterocycles. The Labute approximate surface area is 226 Å². The third-order valence-corrected chi connectivity index (χ3v) is 6.90. The third kappa shape index (κ3) is 4.85. The molecule has 0 aliphatic carbocycles. The molecule has 0 saturated carbocycles. The monoisotopic (exact) mass is 525 g/mol. The molecule has 200 valence electrons. The number of aliphatic hydroxyl groups is 1. The average molecular weight is 526 g/mol. The number of ketones is 1. The minimum atomic E-state index is -0.907. The van der Waals surface area contributed by atoms with E-state index in [9.17, 15) is 14.7 Å². The number of Topliss-reactive ketones (excluding diaryl/α,β-unsaturated/α-hetero) is 1. The highest BCUT2D eigenvalue weighted by atomic mass is 16.5. The smallest absolute Gasteiger partial charge is 0.302 e. The van der Waals surface area contributed by atoms with Crippen LogP contribution in [0.15, 0.2) is 66.2 Å². The van der Waals surface area contributed by atoms with Crippen LogP contribution in [0.2, 0.25) is 0 Å². The maximum absolute atomic E-state index is 13.5. The summed E-state index contributed by atoms with van der Waals surface area (Å²) < 4.78 is 11.0. The van der Waals surface area contributed by atoms with Gasteiger partial charge in [0, 0.05) is 5.56 Å². The molecule has 39 heavy (non-hydrogen) atoms. The Hall–Kier alpha value is -4.59. The zero-order valence-electron chi connectivity index (χ0n) is 22.6. The Morgan fingerprint density at radius 2 is 1.64 bits per heavy atom. The first-order valence-electron chi connectivity index (χ1n) is 12.8. The summed E-state index contributed by atoms with van der Waals surface area (Å²) in [4.78, 5) is 36.2. The summed E-state index contributed by atoms with van der Waals surface area (Å²) in [6.07, 6.45) is 0. The number of carbonyl (C=O) groups excluding carboxylic acids is 2. The third-order valence-electron chi connectivity index (χ3n) is 6.90. The number of hydrogen-bond acceptors (Lipinski definition) is 6. The van der Waals surface area contributed by atoms with Crippen molar-refractivity contribution in [3.8, 4) is 11.5 Å². The highest BCUT2D eigenvalue weighted by molar-refractivity contribution is 6.51. The molecule has 1 atom stereocenters. The molecule has 2 N–H and O–H groups in total. The number of fused-ring (bicyclic) bond motifs is 1. The van der Waals surface area contributed by atoms with Gasteiger partial charge >= 0.3 is 5.91 Å². The molecule has 3 aromatic carbocycles. The zero-order valence-corrected chi connectivity index (χ0v) is 22.6. The largest absolute Gasteiger partial charge is 0.507 e. The van der Waals surface area contributed by atoms with Gasteiger partial charge in [0.25, 0.3) is 5.78 Å². The molecule has 8 heteroatoms. The van der Waals surface area contributed by atoms with E-state index >= 15 is 0 Å². The van der Waals surface area contributed by atoms with E-state index in [0.29, 0.717) is 40.7 Å². The minimum absolute atomic E-state index is 0.0196. The molecule has 1 aliphatic heterocycles. The number of nitrogens with zero attached hydrogens (tertiary/aromatic N) is 2. The molecule has 5 rings (SSSR count). The van der Waals surface area contributed by atoms with Crippen LogP contribution in [0.4, 0.5) is 5.95 Å². The lowest BCUT2D eigenvalue weighted by atomic mass is 9.95. The number of aromatic nitrogens is 2. The van der Waals surface area contributed by atoms with Crippen molar-refractivity contribution in [3.63, 3.8) is 0 Å². The number of aromatic amines is 1. The fourth-order valence-corrected chi connectivity index (χ4v) is 4.65. The lowest BCUT2D eigenvalue weighted by Crippen LogP contribution is -2.30. The lowest BCUT2D eigenvalue weighted by molar-refractivity contribution is -0.132. The first-order valence-corrected chi connectivity index (χ1v) is 12.8. The minimum Gasteiger partial charge on any atom is -0.507 e. The molecular weight excluding hydrogens is 494 g/mol. The van der Waals surface area contributed by atoms with Crippen molar-refractivity contribution in [2.24, 2.45) is 5.92 Å². The van der Waals surface area contributed by atoms with Gasteiger partial charge in [0.1, 0.15) is 17.3 Å². The number of methoxy groups -OCH3 is 1. The number of ether oxygens (including phenoxy) is 2. The molecule has 2 heterocycles. The fourth-order valence-electron chi connectivity index (χ4n) is 4.65. The number of imidazole rings is 1. The fraction of sp³-hybridized carbons (Fsp3) is 0.258. The van der Waals surface area contributed by atoms with Gasteiger partial charge in [0.15, 0.2) is 0 Å². The highest BCUT2D eigenvalue weighted by Gasteiger charge is 2.48. The lowest BCUT2D eigenvalue weighted by Gasteiger charge is -2.23. The number of hydrogen-bond donors (Lipinski definition) is 2. The number of anilines is 1. The van der Waals surface area contributed by atoms with Gasteiger partial charge in [0.05, 0.1) is 36.4 Å². The summed E-state index contributed by atoms with van der Waals surface area (Å²) in [6.45, 7) is 8.67.